The quantitative estimate of drug-likeness (QED) is 0.790. The van der Waals surface area contributed by atoms with Gasteiger partial charge in [-0.1, -0.05) is 6.07 Å². The lowest BCUT2D eigenvalue weighted by atomic mass is 10.0. The average Bonchev–Trinajstić information content (AvgIpc) is 2.51. The first-order valence-electron chi connectivity index (χ1n) is 6.63. The van der Waals surface area contributed by atoms with E-state index in [1.165, 1.54) is 0 Å². The molecule has 21 heavy (non-hydrogen) atoms. The fraction of sp³-hybridized carbons (Fsp3) is 0.0588. The van der Waals surface area contributed by atoms with Gasteiger partial charge in [-0.05, 0) is 54.4 Å². The normalized spacial score (nSPS) is 10.3. The van der Waals surface area contributed by atoms with Crippen LogP contribution < -0.4 is 10.5 Å². The van der Waals surface area contributed by atoms with E-state index in [1.807, 2.05) is 36.4 Å². The number of benzene rings is 1. The molecule has 2 aromatic heterocycles. The molecule has 3 rings (SSSR count). The minimum absolute atomic E-state index is 0.513. The van der Waals surface area contributed by atoms with E-state index in [-0.39, 0.29) is 0 Å². The molecule has 0 saturated carbocycles. The van der Waals surface area contributed by atoms with Gasteiger partial charge in [0, 0.05) is 18.0 Å². The second-order valence-corrected chi connectivity index (χ2v) is 4.74. The van der Waals surface area contributed by atoms with Crippen LogP contribution in [0.15, 0.2) is 61.1 Å². The molecule has 4 heteroatoms. The number of pyridine rings is 2. The van der Waals surface area contributed by atoms with E-state index in [9.17, 15) is 0 Å². The zero-order valence-electron chi connectivity index (χ0n) is 11.7. The number of aryl methyl sites for hydroxylation is 1. The van der Waals surface area contributed by atoms with Gasteiger partial charge in [-0.3, -0.25) is 4.98 Å². The fourth-order valence-corrected chi connectivity index (χ4v) is 2.08. The molecule has 0 unspecified atom stereocenters. The summed E-state index contributed by atoms with van der Waals surface area (Å²) in [5, 5.41) is 0. The van der Waals surface area contributed by atoms with Crippen LogP contribution >= 0.6 is 0 Å². The number of rotatable bonds is 3. The summed E-state index contributed by atoms with van der Waals surface area (Å²) in [5.41, 5.74) is 8.87. The largest absolute Gasteiger partial charge is 0.456 e. The van der Waals surface area contributed by atoms with Crippen LogP contribution in [0.5, 0.6) is 11.5 Å². The molecule has 0 atom stereocenters. The number of anilines is 1. The van der Waals surface area contributed by atoms with E-state index >= 15 is 0 Å². The lowest BCUT2D eigenvalue weighted by Crippen LogP contribution is -1.91. The first kappa shape index (κ1) is 13.1. The van der Waals surface area contributed by atoms with Gasteiger partial charge in [0.2, 0.25) is 0 Å². The number of nitrogens with two attached hydrogens (primary N) is 1. The Morgan fingerprint density at radius 3 is 2.62 bits per heavy atom. The topological polar surface area (TPSA) is 61.0 Å². The number of aromatic nitrogens is 2. The molecule has 4 nitrogen and oxygen atoms in total. The van der Waals surface area contributed by atoms with Gasteiger partial charge in [-0.25, -0.2) is 4.98 Å². The van der Waals surface area contributed by atoms with Gasteiger partial charge >= 0.3 is 0 Å². The zero-order valence-corrected chi connectivity index (χ0v) is 11.7. The molecule has 0 amide bonds. The third kappa shape index (κ3) is 3.00. The molecule has 0 aliphatic carbocycles. The molecule has 104 valence electrons. The molecule has 2 heterocycles. The SMILES string of the molecule is Cc1ccc(Oc2cccnc2)cc1-c1ccc(N)nc1. The van der Waals surface area contributed by atoms with Crippen LogP contribution in [0.1, 0.15) is 5.56 Å². The van der Waals surface area contributed by atoms with E-state index in [2.05, 4.69) is 16.9 Å². The zero-order chi connectivity index (χ0) is 14.7. The maximum absolute atomic E-state index is 5.81. The van der Waals surface area contributed by atoms with Crippen molar-refractivity contribution in [3.05, 3.63) is 66.6 Å². The molecule has 0 spiro atoms. The van der Waals surface area contributed by atoms with Crippen LogP contribution in [0.4, 0.5) is 5.82 Å². The number of hydrogen-bond acceptors (Lipinski definition) is 4. The highest BCUT2D eigenvalue weighted by atomic mass is 16.5. The molecule has 2 N–H and O–H groups in total. The highest BCUT2D eigenvalue weighted by Gasteiger charge is 2.05. The molecular weight excluding hydrogens is 262 g/mol. The smallest absolute Gasteiger partial charge is 0.145 e. The Kier molecular flexibility index (Phi) is 3.51. The third-order valence-corrected chi connectivity index (χ3v) is 3.18. The van der Waals surface area contributed by atoms with Crippen molar-refractivity contribution in [2.45, 2.75) is 6.92 Å². The van der Waals surface area contributed by atoms with Gasteiger partial charge in [0.25, 0.3) is 0 Å². The van der Waals surface area contributed by atoms with Crippen LogP contribution in [-0.4, -0.2) is 9.97 Å². The maximum Gasteiger partial charge on any atom is 0.145 e. The standard InChI is InChI=1S/C17H15N3O/c1-12-4-6-14(21-15-3-2-8-19-11-15)9-16(12)13-5-7-17(18)20-10-13/h2-11H,1H3,(H2,18,20). The molecule has 0 fully saturated rings. The van der Waals surface area contributed by atoms with Crippen LogP contribution in [0.25, 0.3) is 11.1 Å². The summed E-state index contributed by atoms with van der Waals surface area (Å²) < 4.78 is 5.81. The minimum atomic E-state index is 0.513. The van der Waals surface area contributed by atoms with Crippen LogP contribution in [-0.2, 0) is 0 Å². The second kappa shape index (κ2) is 5.63. The maximum atomic E-state index is 5.81. The molecule has 1 aromatic carbocycles. The average molecular weight is 277 g/mol. The molecule has 0 bridgehead atoms. The lowest BCUT2D eigenvalue weighted by Gasteiger charge is -2.10. The van der Waals surface area contributed by atoms with Gasteiger partial charge in [-0.2, -0.15) is 0 Å². The molecule has 3 aromatic rings. The number of nitrogens with zero attached hydrogens (tertiary/aromatic N) is 2. The van der Waals surface area contributed by atoms with Gasteiger partial charge in [0.05, 0.1) is 6.20 Å². The summed E-state index contributed by atoms with van der Waals surface area (Å²) in [7, 11) is 0. The van der Waals surface area contributed by atoms with Crippen molar-refractivity contribution in [1.82, 2.24) is 9.97 Å². The summed E-state index contributed by atoms with van der Waals surface area (Å²) in [6.45, 7) is 2.06. The molecular formula is C17H15N3O. The number of ether oxygens (including phenoxy) is 1. The van der Waals surface area contributed by atoms with E-state index in [0.29, 0.717) is 11.6 Å². The second-order valence-electron chi connectivity index (χ2n) is 4.74. The van der Waals surface area contributed by atoms with Crippen molar-refractivity contribution < 1.29 is 4.74 Å². The van der Waals surface area contributed by atoms with Gasteiger partial charge in [0.1, 0.15) is 17.3 Å². The minimum Gasteiger partial charge on any atom is -0.456 e. The third-order valence-electron chi connectivity index (χ3n) is 3.18. The van der Waals surface area contributed by atoms with Crippen LogP contribution in [0, 0.1) is 6.92 Å². The van der Waals surface area contributed by atoms with Crippen LogP contribution in [0.2, 0.25) is 0 Å². The summed E-state index contributed by atoms with van der Waals surface area (Å²) >= 11 is 0. The Morgan fingerprint density at radius 1 is 1.00 bits per heavy atom. The Labute approximate surface area is 123 Å². The summed E-state index contributed by atoms with van der Waals surface area (Å²) in [6.07, 6.45) is 5.17. The summed E-state index contributed by atoms with van der Waals surface area (Å²) in [4.78, 5) is 8.18. The van der Waals surface area contributed by atoms with E-state index < -0.39 is 0 Å². The summed E-state index contributed by atoms with van der Waals surface area (Å²) in [6, 6.07) is 13.4. The molecule has 0 aliphatic heterocycles. The van der Waals surface area contributed by atoms with Crippen molar-refractivity contribution in [2.75, 3.05) is 5.73 Å². The molecule has 0 saturated heterocycles. The van der Waals surface area contributed by atoms with Crippen molar-refractivity contribution >= 4 is 5.82 Å². The van der Waals surface area contributed by atoms with Gasteiger partial charge < -0.3 is 10.5 Å². The number of nitrogen functional groups attached to an aromatic ring is 1. The van der Waals surface area contributed by atoms with E-state index in [0.717, 1.165) is 22.4 Å². The molecule has 0 aliphatic rings. The Morgan fingerprint density at radius 2 is 1.90 bits per heavy atom. The monoisotopic (exact) mass is 277 g/mol. The van der Waals surface area contributed by atoms with Gasteiger partial charge in [-0.15, -0.1) is 0 Å². The first-order valence-corrected chi connectivity index (χ1v) is 6.63. The lowest BCUT2D eigenvalue weighted by molar-refractivity contribution is 0.480. The first-order chi connectivity index (χ1) is 10.2. The van der Waals surface area contributed by atoms with Crippen molar-refractivity contribution in [3.63, 3.8) is 0 Å². The van der Waals surface area contributed by atoms with Crippen molar-refractivity contribution in [1.29, 1.82) is 0 Å². The van der Waals surface area contributed by atoms with E-state index in [4.69, 9.17) is 10.5 Å². The van der Waals surface area contributed by atoms with E-state index in [1.54, 1.807) is 24.7 Å². The Balaban J connectivity index is 1.94. The Bertz CT molecular complexity index is 740. The fourth-order valence-electron chi connectivity index (χ4n) is 2.08. The van der Waals surface area contributed by atoms with Crippen molar-refractivity contribution in [3.8, 4) is 22.6 Å². The summed E-state index contributed by atoms with van der Waals surface area (Å²) in [5.74, 6) is 1.99. The predicted octanol–water partition coefficient (Wildman–Crippen LogP) is 3.83. The highest BCUT2D eigenvalue weighted by Crippen LogP contribution is 2.29. The van der Waals surface area contributed by atoms with Gasteiger partial charge in [0.15, 0.2) is 0 Å². The molecule has 0 radical (unpaired) electrons. The van der Waals surface area contributed by atoms with Crippen LogP contribution in [0.3, 0.4) is 0 Å². The predicted molar refractivity (Wildman–Crippen MR) is 83.1 cm³/mol. The van der Waals surface area contributed by atoms with Crippen molar-refractivity contribution in [2.24, 2.45) is 0 Å². The highest BCUT2D eigenvalue weighted by molar-refractivity contribution is 5.68. The Hall–Kier alpha value is -2.88. The number of hydrogen-bond donors (Lipinski definition) is 1.